The summed E-state index contributed by atoms with van der Waals surface area (Å²) in [5.41, 5.74) is 4.59. The van der Waals surface area contributed by atoms with Gasteiger partial charge in [-0.2, -0.15) is 5.10 Å². The molecule has 1 atom stereocenters. The Bertz CT molecular complexity index is 1280. The summed E-state index contributed by atoms with van der Waals surface area (Å²) >= 11 is 6.88. The van der Waals surface area contributed by atoms with Crippen LogP contribution in [0.1, 0.15) is 30.9 Å². The van der Waals surface area contributed by atoms with E-state index >= 15 is 0 Å². The standard InChI is InChI=1S/C27H27N3O3S2/c1-3-32-23-12-11-19(14-18(23)2)25-20(16-30(28-25)21-8-5-4-6-9-21)15-24-26(31)29(27(34)35-24)17-22-10-7-13-33-22/h4-6,8-9,11-12,14-16,22H,3,7,10,13,17H2,1-2H3/b24-15-/t22-/m1/s1. The molecule has 0 bridgehead atoms. The predicted molar refractivity (Wildman–Crippen MR) is 144 cm³/mol. The van der Waals surface area contributed by atoms with Crippen molar-refractivity contribution in [1.82, 2.24) is 14.7 Å². The van der Waals surface area contributed by atoms with Gasteiger partial charge >= 0.3 is 0 Å². The summed E-state index contributed by atoms with van der Waals surface area (Å²) in [7, 11) is 0. The number of carbonyl (C=O) groups excluding carboxylic acids is 1. The van der Waals surface area contributed by atoms with Crippen LogP contribution in [0.2, 0.25) is 0 Å². The maximum Gasteiger partial charge on any atom is 0.266 e. The first-order valence-electron chi connectivity index (χ1n) is 11.8. The summed E-state index contributed by atoms with van der Waals surface area (Å²) < 4.78 is 13.9. The summed E-state index contributed by atoms with van der Waals surface area (Å²) in [4.78, 5) is 15.5. The van der Waals surface area contributed by atoms with Crippen LogP contribution in [0.5, 0.6) is 5.75 Å². The van der Waals surface area contributed by atoms with Gasteiger partial charge in [-0.3, -0.25) is 9.69 Å². The minimum Gasteiger partial charge on any atom is -0.494 e. The van der Waals surface area contributed by atoms with Gasteiger partial charge in [0.1, 0.15) is 15.8 Å². The van der Waals surface area contributed by atoms with Gasteiger partial charge in [0.2, 0.25) is 0 Å². The molecule has 3 heterocycles. The zero-order chi connectivity index (χ0) is 24.4. The number of thiocarbonyl (C=S) groups is 1. The highest BCUT2D eigenvalue weighted by Gasteiger charge is 2.35. The topological polar surface area (TPSA) is 56.6 Å². The highest BCUT2D eigenvalue weighted by molar-refractivity contribution is 8.26. The lowest BCUT2D eigenvalue weighted by atomic mass is 10.0. The Kier molecular flexibility index (Phi) is 7.04. The van der Waals surface area contributed by atoms with Crippen LogP contribution in [0.4, 0.5) is 0 Å². The lowest BCUT2D eigenvalue weighted by Gasteiger charge is -2.18. The third-order valence-electron chi connectivity index (χ3n) is 6.08. The molecule has 1 amide bonds. The van der Waals surface area contributed by atoms with E-state index in [-0.39, 0.29) is 12.0 Å². The summed E-state index contributed by atoms with van der Waals surface area (Å²) in [6, 6.07) is 16.0. The predicted octanol–water partition coefficient (Wildman–Crippen LogP) is 5.63. The van der Waals surface area contributed by atoms with E-state index in [1.54, 1.807) is 4.90 Å². The molecule has 0 saturated carbocycles. The number of rotatable bonds is 7. The molecule has 0 unspecified atom stereocenters. The van der Waals surface area contributed by atoms with Crippen molar-refractivity contribution in [1.29, 1.82) is 0 Å². The van der Waals surface area contributed by atoms with E-state index in [4.69, 9.17) is 26.8 Å². The van der Waals surface area contributed by atoms with Crippen LogP contribution in [-0.2, 0) is 9.53 Å². The number of ether oxygens (including phenoxy) is 2. The maximum absolute atomic E-state index is 13.3. The van der Waals surface area contributed by atoms with E-state index in [9.17, 15) is 4.79 Å². The van der Waals surface area contributed by atoms with Crippen LogP contribution in [0.3, 0.4) is 0 Å². The molecule has 5 rings (SSSR count). The van der Waals surface area contributed by atoms with Gasteiger partial charge in [-0.05, 0) is 68.7 Å². The lowest BCUT2D eigenvalue weighted by Crippen LogP contribution is -2.35. The van der Waals surface area contributed by atoms with Gasteiger partial charge in [-0.25, -0.2) is 4.68 Å². The van der Waals surface area contributed by atoms with E-state index in [2.05, 4.69) is 6.07 Å². The van der Waals surface area contributed by atoms with Crippen molar-refractivity contribution in [2.75, 3.05) is 19.8 Å². The van der Waals surface area contributed by atoms with Crippen LogP contribution in [0.15, 0.2) is 59.6 Å². The zero-order valence-corrected chi connectivity index (χ0v) is 21.4. The maximum atomic E-state index is 13.3. The molecule has 0 radical (unpaired) electrons. The Morgan fingerprint density at radius 1 is 1.26 bits per heavy atom. The first-order chi connectivity index (χ1) is 17.0. The van der Waals surface area contributed by atoms with E-state index < -0.39 is 0 Å². The third-order valence-corrected chi connectivity index (χ3v) is 7.46. The fourth-order valence-corrected chi connectivity index (χ4v) is 5.60. The molecule has 6 nitrogen and oxygen atoms in total. The molecule has 2 aliphatic rings. The van der Waals surface area contributed by atoms with E-state index in [0.29, 0.717) is 22.4 Å². The Morgan fingerprint density at radius 2 is 2.09 bits per heavy atom. The first kappa shape index (κ1) is 23.8. The van der Waals surface area contributed by atoms with Gasteiger partial charge in [0.05, 0.1) is 29.8 Å². The highest BCUT2D eigenvalue weighted by atomic mass is 32.2. The average molecular weight is 506 g/mol. The van der Waals surface area contributed by atoms with Crippen molar-refractivity contribution >= 4 is 40.3 Å². The Balaban J connectivity index is 1.52. The molecule has 0 aliphatic carbocycles. The second kappa shape index (κ2) is 10.4. The summed E-state index contributed by atoms with van der Waals surface area (Å²) in [5, 5.41) is 4.90. The molecule has 0 spiro atoms. The lowest BCUT2D eigenvalue weighted by molar-refractivity contribution is -0.123. The summed E-state index contributed by atoms with van der Waals surface area (Å²) in [5.74, 6) is 0.784. The minimum atomic E-state index is -0.0724. The van der Waals surface area contributed by atoms with Crippen LogP contribution in [0.25, 0.3) is 23.0 Å². The molecule has 8 heteroatoms. The monoisotopic (exact) mass is 505 g/mol. The molecule has 2 aliphatic heterocycles. The zero-order valence-electron chi connectivity index (χ0n) is 19.8. The molecule has 2 aromatic carbocycles. The van der Waals surface area contributed by atoms with Crippen molar-refractivity contribution < 1.29 is 14.3 Å². The van der Waals surface area contributed by atoms with E-state index in [1.165, 1.54) is 11.8 Å². The Hall–Kier alpha value is -2.94. The number of benzene rings is 2. The third kappa shape index (κ3) is 5.05. The van der Waals surface area contributed by atoms with Gasteiger partial charge in [0.15, 0.2) is 0 Å². The normalized spacial score (nSPS) is 19.2. The Labute approximate surface area is 214 Å². The largest absolute Gasteiger partial charge is 0.494 e. The molecule has 2 fully saturated rings. The van der Waals surface area contributed by atoms with Crippen LogP contribution < -0.4 is 4.74 Å². The van der Waals surface area contributed by atoms with Gasteiger partial charge in [0.25, 0.3) is 5.91 Å². The molecule has 2 saturated heterocycles. The number of hydrogen-bond donors (Lipinski definition) is 0. The van der Waals surface area contributed by atoms with Crippen molar-refractivity contribution in [3.63, 3.8) is 0 Å². The SMILES string of the molecule is CCOc1ccc(-c2nn(-c3ccccc3)cc2/C=C2\SC(=S)N(C[C@H]3CCCO3)C2=O)cc1C. The fourth-order valence-electron chi connectivity index (χ4n) is 4.33. The van der Waals surface area contributed by atoms with Crippen LogP contribution in [-0.4, -0.2) is 50.8 Å². The Morgan fingerprint density at radius 3 is 2.80 bits per heavy atom. The van der Waals surface area contributed by atoms with Gasteiger partial charge < -0.3 is 9.47 Å². The smallest absolute Gasteiger partial charge is 0.266 e. The number of aromatic nitrogens is 2. The molecular formula is C27H27N3O3S2. The molecule has 1 aromatic heterocycles. The van der Waals surface area contributed by atoms with Crippen molar-refractivity contribution in [3.8, 4) is 22.7 Å². The number of aryl methyl sites for hydroxylation is 1. The molecule has 0 N–H and O–H groups in total. The quantitative estimate of drug-likeness (QED) is 0.307. The van der Waals surface area contributed by atoms with Crippen molar-refractivity contribution in [2.24, 2.45) is 0 Å². The van der Waals surface area contributed by atoms with Crippen molar-refractivity contribution in [2.45, 2.75) is 32.8 Å². The molecule has 3 aromatic rings. The fraction of sp³-hybridized carbons (Fsp3) is 0.296. The number of carbonyl (C=O) groups is 1. The first-order valence-corrected chi connectivity index (χ1v) is 13.0. The second-order valence-corrected chi connectivity index (χ2v) is 10.2. The summed E-state index contributed by atoms with van der Waals surface area (Å²) in [6.45, 7) is 5.87. The van der Waals surface area contributed by atoms with E-state index in [0.717, 1.165) is 53.3 Å². The molecule has 35 heavy (non-hydrogen) atoms. The van der Waals surface area contributed by atoms with Crippen LogP contribution >= 0.6 is 24.0 Å². The number of para-hydroxylation sites is 1. The number of hydrogen-bond acceptors (Lipinski definition) is 6. The van der Waals surface area contributed by atoms with Crippen LogP contribution in [0, 0.1) is 6.92 Å². The number of thioether (sulfide) groups is 1. The summed E-state index contributed by atoms with van der Waals surface area (Å²) in [6.07, 6.45) is 5.91. The second-order valence-electron chi connectivity index (χ2n) is 8.55. The highest BCUT2D eigenvalue weighted by Crippen LogP contribution is 2.36. The van der Waals surface area contributed by atoms with Gasteiger partial charge in [0, 0.05) is 23.9 Å². The number of nitrogens with zero attached hydrogens (tertiary/aromatic N) is 3. The molecular weight excluding hydrogens is 478 g/mol. The molecule has 180 valence electrons. The van der Waals surface area contributed by atoms with Crippen molar-refractivity contribution in [3.05, 3.63) is 70.8 Å². The average Bonchev–Trinajstić information content (AvgIpc) is 3.59. The van der Waals surface area contributed by atoms with Gasteiger partial charge in [-0.1, -0.05) is 42.2 Å². The number of amides is 1. The minimum absolute atomic E-state index is 0.0556. The van der Waals surface area contributed by atoms with Gasteiger partial charge in [-0.15, -0.1) is 0 Å². The van der Waals surface area contributed by atoms with E-state index in [1.807, 2.05) is 73.3 Å².